The third-order valence-electron chi connectivity index (χ3n) is 4.62. The van der Waals surface area contributed by atoms with Crippen molar-refractivity contribution in [2.24, 2.45) is 0 Å². The van der Waals surface area contributed by atoms with E-state index in [4.69, 9.17) is 0 Å². The normalized spacial score (nSPS) is 13.8. The summed E-state index contributed by atoms with van der Waals surface area (Å²) in [5.41, 5.74) is 2.25. The predicted molar refractivity (Wildman–Crippen MR) is 100 cm³/mol. The molecule has 0 saturated carbocycles. The predicted octanol–water partition coefficient (Wildman–Crippen LogP) is 3.24. The fourth-order valence-electron chi connectivity index (χ4n) is 3.13. The highest BCUT2D eigenvalue weighted by atomic mass is 16.2. The van der Waals surface area contributed by atoms with Gasteiger partial charge in [0.25, 0.3) is 11.8 Å². The van der Waals surface area contributed by atoms with Crippen LogP contribution in [0.4, 0.5) is 11.4 Å². The van der Waals surface area contributed by atoms with Crippen molar-refractivity contribution < 1.29 is 9.59 Å². The van der Waals surface area contributed by atoms with Gasteiger partial charge in [0.15, 0.2) is 0 Å². The van der Waals surface area contributed by atoms with E-state index in [1.54, 1.807) is 23.1 Å². The lowest BCUT2D eigenvalue weighted by molar-refractivity contribution is 0.0982. The molecule has 2 amide bonds. The zero-order valence-corrected chi connectivity index (χ0v) is 14.7. The second-order valence-electron chi connectivity index (χ2n) is 6.00. The van der Waals surface area contributed by atoms with Gasteiger partial charge in [-0.1, -0.05) is 38.1 Å². The van der Waals surface area contributed by atoms with Crippen molar-refractivity contribution >= 4 is 23.2 Å². The molecular weight excluding hydrogens is 314 g/mol. The van der Waals surface area contributed by atoms with Crippen LogP contribution in [0.1, 0.15) is 34.6 Å². The number of likely N-dealkylation sites (N-methyl/N-ethyl adjacent to an activating group) is 1. The largest absolute Gasteiger partial charge is 0.321 e. The molecule has 0 aromatic heterocycles. The fourth-order valence-corrected chi connectivity index (χ4v) is 3.13. The van der Waals surface area contributed by atoms with E-state index in [2.05, 4.69) is 24.1 Å². The van der Waals surface area contributed by atoms with Crippen LogP contribution < -0.4 is 10.2 Å². The Morgan fingerprint density at radius 3 is 2.28 bits per heavy atom. The topological polar surface area (TPSA) is 52.6 Å². The van der Waals surface area contributed by atoms with E-state index in [1.165, 1.54) is 0 Å². The number of carbonyl (C=O) groups is 2. The molecule has 3 rings (SSSR count). The van der Waals surface area contributed by atoms with Crippen molar-refractivity contribution in [3.05, 3.63) is 59.7 Å². The van der Waals surface area contributed by atoms with Gasteiger partial charge < -0.3 is 15.1 Å². The lowest BCUT2D eigenvalue weighted by Crippen LogP contribution is -2.41. The molecule has 0 spiro atoms. The summed E-state index contributed by atoms with van der Waals surface area (Å²) < 4.78 is 0. The number of amides is 2. The van der Waals surface area contributed by atoms with Crippen molar-refractivity contribution in [1.29, 1.82) is 0 Å². The highest BCUT2D eigenvalue weighted by Gasteiger charge is 2.28. The van der Waals surface area contributed by atoms with Gasteiger partial charge in [-0.2, -0.15) is 0 Å². The van der Waals surface area contributed by atoms with Crippen LogP contribution in [0.5, 0.6) is 0 Å². The molecule has 130 valence electrons. The summed E-state index contributed by atoms with van der Waals surface area (Å²) in [4.78, 5) is 29.9. The molecule has 0 atom stereocenters. The Morgan fingerprint density at radius 2 is 1.56 bits per heavy atom. The molecule has 1 aliphatic rings. The maximum Gasteiger partial charge on any atom is 0.260 e. The van der Waals surface area contributed by atoms with Crippen LogP contribution in [-0.2, 0) is 0 Å². The minimum atomic E-state index is -0.191. The molecule has 0 bridgehead atoms. The quantitative estimate of drug-likeness (QED) is 0.911. The minimum Gasteiger partial charge on any atom is -0.321 e. The van der Waals surface area contributed by atoms with Gasteiger partial charge >= 0.3 is 0 Å². The van der Waals surface area contributed by atoms with Crippen LogP contribution in [0.25, 0.3) is 0 Å². The second kappa shape index (κ2) is 7.49. The average molecular weight is 337 g/mol. The van der Waals surface area contributed by atoms with Gasteiger partial charge in [-0.05, 0) is 37.4 Å². The highest BCUT2D eigenvalue weighted by molar-refractivity contribution is 6.19. The van der Waals surface area contributed by atoms with E-state index in [1.807, 2.05) is 30.3 Å². The summed E-state index contributed by atoms with van der Waals surface area (Å²) in [6, 6.07) is 14.4. The van der Waals surface area contributed by atoms with Gasteiger partial charge in [0, 0.05) is 13.1 Å². The lowest BCUT2D eigenvalue weighted by atomic mass is 10.0. The lowest BCUT2D eigenvalue weighted by Gasteiger charge is -2.30. The van der Waals surface area contributed by atoms with Gasteiger partial charge in [-0.3, -0.25) is 9.59 Å². The molecule has 1 aliphatic heterocycles. The fraction of sp³-hybridized carbons (Fsp3) is 0.300. The van der Waals surface area contributed by atoms with Gasteiger partial charge in [0.2, 0.25) is 0 Å². The number of fused-ring (bicyclic) bond motifs is 2. The number of nitrogens with zero attached hydrogens (tertiary/aromatic N) is 2. The Balaban J connectivity index is 2.04. The second-order valence-corrected chi connectivity index (χ2v) is 6.00. The number of hydrogen-bond acceptors (Lipinski definition) is 3. The number of hydrogen-bond donors (Lipinski definition) is 1. The first-order valence-corrected chi connectivity index (χ1v) is 8.69. The van der Waals surface area contributed by atoms with Crippen LogP contribution in [0.15, 0.2) is 48.5 Å². The van der Waals surface area contributed by atoms with Crippen LogP contribution in [-0.4, -0.2) is 42.9 Å². The molecule has 1 heterocycles. The van der Waals surface area contributed by atoms with Crippen LogP contribution in [0, 0.1) is 0 Å². The van der Waals surface area contributed by atoms with Crippen LogP contribution in [0.3, 0.4) is 0 Å². The van der Waals surface area contributed by atoms with Crippen molar-refractivity contribution in [2.45, 2.75) is 13.8 Å². The first kappa shape index (κ1) is 17.2. The van der Waals surface area contributed by atoms with Gasteiger partial charge in [0.1, 0.15) is 0 Å². The number of anilines is 2. The van der Waals surface area contributed by atoms with Crippen molar-refractivity contribution in [3.63, 3.8) is 0 Å². The zero-order chi connectivity index (χ0) is 17.8. The summed E-state index contributed by atoms with van der Waals surface area (Å²) in [5.74, 6) is -0.279. The molecule has 5 nitrogen and oxygen atoms in total. The van der Waals surface area contributed by atoms with Gasteiger partial charge in [-0.15, -0.1) is 0 Å². The van der Waals surface area contributed by atoms with Gasteiger partial charge in [-0.25, -0.2) is 0 Å². The van der Waals surface area contributed by atoms with Crippen molar-refractivity contribution in [3.8, 4) is 0 Å². The SMILES string of the molecule is CCN(CC)CCN1C(=O)c2ccccc2NC(=O)c2ccccc21. The molecule has 0 fully saturated rings. The molecular formula is C20H23N3O2. The van der Waals surface area contributed by atoms with E-state index in [-0.39, 0.29) is 11.8 Å². The van der Waals surface area contributed by atoms with E-state index in [0.717, 1.165) is 19.6 Å². The molecule has 2 aromatic carbocycles. The van der Waals surface area contributed by atoms with E-state index in [0.29, 0.717) is 29.0 Å². The Morgan fingerprint density at radius 1 is 0.920 bits per heavy atom. The van der Waals surface area contributed by atoms with E-state index >= 15 is 0 Å². The van der Waals surface area contributed by atoms with Crippen LogP contribution in [0.2, 0.25) is 0 Å². The zero-order valence-electron chi connectivity index (χ0n) is 14.7. The number of nitrogens with one attached hydrogen (secondary N) is 1. The summed E-state index contributed by atoms with van der Waals surface area (Å²) in [7, 11) is 0. The Hall–Kier alpha value is -2.66. The van der Waals surface area contributed by atoms with Crippen LogP contribution >= 0.6 is 0 Å². The monoisotopic (exact) mass is 337 g/mol. The van der Waals surface area contributed by atoms with E-state index < -0.39 is 0 Å². The first-order chi connectivity index (χ1) is 12.2. The Kier molecular flexibility index (Phi) is 5.14. The molecule has 0 aliphatic carbocycles. The summed E-state index contributed by atoms with van der Waals surface area (Å²) in [6.07, 6.45) is 0. The highest BCUT2D eigenvalue weighted by Crippen LogP contribution is 2.29. The molecule has 5 heteroatoms. The summed E-state index contributed by atoms with van der Waals surface area (Å²) >= 11 is 0. The number of benzene rings is 2. The van der Waals surface area contributed by atoms with Gasteiger partial charge in [0.05, 0.1) is 22.5 Å². The maximum atomic E-state index is 13.2. The van der Waals surface area contributed by atoms with Crippen molar-refractivity contribution in [1.82, 2.24) is 4.90 Å². The molecule has 0 radical (unpaired) electrons. The number of para-hydroxylation sites is 2. The Labute approximate surface area is 148 Å². The minimum absolute atomic E-state index is 0.0878. The van der Waals surface area contributed by atoms with Crippen molar-refractivity contribution in [2.75, 3.05) is 36.4 Å². The standard InChI is InChI=1S/C20H23N3O2/c1-3-22(4-2)13-14-23-18-12-8-6-10-16(18)19(24)21-17-11-7-5-9-15(17)20(23)25/h5-12H,3-4,13-14H2,1-2H3,(H,21,24). The molecule has 0 saturated heterocycles. The third kappa shape index (κ3) is 3.42. The van der Waals surface area contributed by atoms with E-state index in [9.17, 15) is 9.59 Å². The summed E-state index contributed by atoms with van der Waals surface area (Å²) in [6.45, 7) is 7.37. The smallest absolute Gasteiger partial charge is 0.260 e. The Bertz CT molecular complexity index is 784. The number of carbonyl (C=O) groups excluding carboxylic acids is 2. The average Bonchev–Trinajstić information content (AvgIpc) is 2.65. The molecule has 1 N–H and O–H groups in total. The molecule has 2 aromatic rings. The molecule has 25 heavy (non-hydrogen) atoms. The third-order valence-corrected chi connectivity index (χ3v) is 4.62. The number of rotatable bonds is 5. The molecule has 0 unspecified atom stereocenters. The summed E-state index contributed by atoms with van der Waals surface area (Å²) in [5, 5.41) is 2.86. The first-order valence-electron chi connectivity index (χ1n) is 8.69. The maximum absolute atomic E-state index is 13.2.